The van der Waals surface area contributed by atoms with Crippen molar-refractivity contribution in [2.75, 3.05) is 13.6 Å². The summed E-state index contributed by atoms with van der Waals surface area (Å²) in [6.07, 6.45) is 2.14. The summed E-state index contributed by atoms with van der Waals surface area (Å²) in [6.45, 7) is 2.24. The number of carbonyl (C=O) groups excluding carboxylic acids is 1. The Hall–Kier alpha value is -2.69. The molecule has 1 fully saturated rings. The van der Waals surface area contributed by atoms with Gasteiger partial charge in [0.05, 0.1) is 11.3 Å². The quantitative estimate of drug-likeness (QED) is 0.918. The van der Waals surface area contributed by atoms with E-state index in [1.54, 1.807) is 18.9 Å². The number of likely N-dealkylation sites (N-methyl/N-ethyl adjacent to an activating group) is 1. The number of hydrogen-bond donors (Lipinski definition) is 1. The molecule has 1 amide bonds. The molecule has 0 aliphatic heterocycles. The van der Waals surface area contributed by atoms with Crippen molar-refractivity contribution in [3.63, 3.8) is 0 Å². The largest absolute Gasteiger partial charge is 0.478 e. The Morgan fingerprint density at radius 3 is 2.38 bits per heavy atom. The van der Waals surface area contributed by atoms with E-state index in [0.29, 0.717) is 12.2 Å². The number of carboxylic acids is 1. The number of carboxylic acid groups (broad SMARTS) is 1. The maximum atomic E-state index is 12.6. The van der Waals surface area contributed by atoms with Crippen LogP contribution in [-0.2, 0) is 5.41 Å². The number of carbonyl (C=O) groups is 2. The lowest BCUT2D eigenvalue weighted by atomic mass is 9.95. The average Bonchev–Trinajstić information content (AvgIpc) is 3.35. The first-order valence-corrected chi connectivity index (χ1v) is 7.95. The fourth-order valence-corrected chi connectivity index (χ4v) is 3.11. The van der Waals surface area contributed by atoms with Crippen LogP contribution in [0.5, 0.6) is 0 Å². The van der Waals surface area contributed by atoms with Crippen molar-refractivity contribution in [3.8, 4) is 0 Å². The van der Waals surface area contributed by atoms with Crippen molar-refractivity contribution in [3.05, 3.63) is 65.0 Å². The molecule has 1 aromatic heterocycles. The van der Waals surface area contributed by atoms with Crippen molar-refractivity contribution in [2.24, 2.45) is 0 Å². The standard InChI is InChI=1S/C19H20N2O3/c1-13-15(18(23)24)8-9-16(20-13)17(22)21(2)12-19(10-11-19)14-6-4-3-5-7-14/h3-9H,10-12H2,1-2H3,(H,23,24). The molecule has 5 heteroatoms. The summed E-state index contributed by atoms with van der Waals surface area (Å²) in [4.78, 5) is 29.5. The Kier molecular flexibility index (Phi) is 4.09. The van der Waals surface area contributed by atoms with Crippen molar-refractivity contribution >= 4 is 11.9 Å². The number of amides is 1. The maximum absolute atomic E-state index is 12.6. The number of aromatic carboxylic acids is 1. The van der Waals surface area contributed by atoms with E-state index in [-0.39, 0.29) is 22.6 Å². The molecule has 0 radical (unpaired) electrons. The van der Waals surface area contributed by atoms with Gasteiger partial charge in [0.2, 0.25) is 0 Å². The summed E-state index contributed by atoms with van der Waals surface area (Å²) < 4.78 is 0. The van der Waals surface area contributed by atoms with Crippen molar-refractivity contribution < 1.29 is 14.7 Å². The van der Waals surface area contributed by atoms with Crippen LogP contribution in [0.3, 0.4) is 0 Å². The second-order valence-electron chi connectivity index (χ2n) is 6.44. The van der Waals surface area contributed by atoms with E-state index in [4.69, 9.17) is 5.11 Å². The third-order valence-corrected chi connectivity index (χ3v) is 4.66. The number of pyridine rings is 1. The second kappa shape index (κ2) is 6.07. The molecule has 3 rings (SSSR count). The summed E-state index contributed by atoms with van der Waals surface area (Å²) in [5.41, 5.74) is 2.06. The van der Waals surface area contributed by atoms with Crippen molar-refractivity contribution in [2.45, 2.75) is 25.2 Å². The zero-order chi connectivity index (χ0) is 17.3. The highest BCUT2D eigenvalue weighted by Gasteiger charge is 2.45. The molecule has 0 spiro atoms. The van der Waals surface area contributed by atoms with Crippen LogP contribution in [-0.4, -0.2) is 40.5 Å². The average molecular weight is 324 g/mol. The minimum absolute atomic E-state index is 0.0434. The van der Waals surface area contributed by atoms with Crippen LogP contribution in [0.1, 0.15) is 44.9 Å². The number of hydrogen-bond acceptors (Lipinski definition) is 3. The summed E-state index contributed by atoms with van der Waals surface area (Å²) in [7, 11) is 1.77. The first kappa shape index (κ1) is 16.2. The van der Waals surface area contributed by atoms with E-state index < -0.39 is 5.97 Å². The molecule has 24 heavy (non-hydrogen) atoms. The zero-order valence-corrected chi connectivity index (χ0v) is 13.8. The lowest BCUT2D eigenvalue weighted by Crippen LogP contribution is -2.35. The van der Waals surface area contributed by atoms with E-state index in [2.05, 4.69) is 17.1 Å². The Bertz CT molecular complexity index is 782. The summed E-state index contributed by atoms with van der Waals surface area (Å²) in [6, 6.07) is 13.2. The molecule has 1 aliphatic carbocycles. The van der Waals surface area contributed by atoms with Gasteiger partial charge in [0.25, 0.3) is 5.91 Å². The van der Waals surface area contributed by atoms with E-state index in [1.807, 2.05) is 18.2 Å². The zero-order valence-electron chi connectivity index (χ0n) is 13.8. The Morgan fingerprint density at radius 2 is 1.83 bits per heavy atom. The smallest absolute Gasteiger partial charge is 0.337 e. The number of nitrogens with zero attached hydrogens (tertiary/aromatic N) is 2. The van der Waals surface area contributed by atoms with Gasteiger partial charge in [0, 0.05) is 19.0 Å². The number of rotatable bonds is 5. The predicted octanol–water partition coefficient (Wildman–Crippen LogP) is 2.89. The minimum Gasteiger partial charge on any atom is -0.478 e. The van der Waals surface area contributed by atoms with Gasteiger partial charge in [-0.05, 0) is 37.5 Å². The summed E-state index contributed by atoms with van der Waals surface area (Å²) in [5.74, 6) is -1.22. The first-order valence-electron chi connectivity index (χ1n) is 7.95. The molecule has 0 saturated heterocycles. The predicted molar refractivity (Wildman–Crippen MR) is 90.2 cm³/mol. The molecule has 0 atom stereocenters. The molecule has 1 saturated carbocycles. The molecule has 1 N–H and O–H groups in total. The van der Waals surface area contributed by atoms with Gasteiger partial charge < -0.3 is 10.0 Å². The first-order chi connectivity index (χ1) is 11.4. The molecule has 1 aromatic carbocycles. The molecule has 5 nitrogen and oxygen atoms in total. The normalized spacial score (nSPS) is 14.9. The Balaban J connectivity index is 1.76. The Morgan fingerprint density at radius 1 is 1.17 bits per heavy atom. The molecule has 124 valence electrons. The highest BCUT2D eigenvalue weighted by Crippen LogP contribution is 2.48. The molecule has 0 bridgehead atoms. The van der Waals surface area contributed by atoms with Crippen LogP contribution in [0.15, 0.2) is 42.5 Å². The van der Waals surface area contributed by atoms with Gasteiger partial charge in [-0.1, -0.05) is 30.3 Å². The Labute approximate surface area is 140 Å². The van der Waals surface area contributed by atoms with Gasteiger partial charge in [-0.3, -0.25) is 4.79 Å². The summed E-state index contributed by atoms with van der Waals surface area (Å²) in [5, 5.41) is 9.06. The van der Waals surface area contributed by atoms with Crippen LogP contribution in [0.4, 0.5) is 0 Å². The van der Waals surface area contributed by atoms with E-state index in [0.717, 1.165) is 12.8 Å². The van der Waals surface area contributed by atoms with E-state index >= 15 is 0 Å². The van der Waals surface area contributed by atoms with Gasteiger partial charge in [-0.25, -0.2) is 9.78 Å². The molecule has 1 aliphatic rings. The second-order valence-corrected chi connectivity index (χ2v) is 6.44. The minimum atomic E-state index is -1.03. The van der Waals surface area contributed by atoms with Crippen LogP contribution in [0, 0.1) is 6.92 Å². The number of benzene rings is 1. The molecular weight excluding hydrogens is 304 g/mol. The topological polar surface area (TPSA) is 70.5 Å². The monoisotopic (exact) mass is 324 g/mol. The van der Waals surface area contributed by atoms with Crippen LogP contribution >= 0.6 is 0 Å². The van der Waals surface area contributed by atoms with Crippen molar-refractivity contribution in [1.29, 1.82) is 0 Å². The van der Waals surface area contributed by atoms with E-state index in [1.165, 1.54) is 17.7 Å². The maximum Gasteiger partial charge on any atom is 0.337 e. The van der Waals surface area contributed by atoms with Gasteiger partial charge in [-0.2, -0.15) is 0 Å². The fraction of sp³-hybridized carbons (Fsp3) is 0.316. The SMILES string of the molecule is Cc1nc(C(=O)N(C)CC2(c3ccccc3)CC2)ccc1C(=O)O. The molecule has 2 aromatic rings. The molecular formula is C19H20N2O3. The van der Waals surface area contributed by atoms with Gasteiger partial charge in [0.1, 0.15) is 5.69 Å². The van der Waals surface area contributed by atoms with Crippen LogP contribution in [0.25, 0.3) is 0 Å². The highest BCUT2D eigenvalue weighted by molar-refractivity contribution is 5.94. The number of aromatic nitrogens is 1. The van der Waals surface area contributed by atoms with Gasteiger partial charge in [-0.15, -0.1) is 0 Å². The van der Waals surface area contributed by atoms with Gasteiger partial charge in [0.15, 0.2) is 0 Å². The number of aryl methyl sites for hydroxylation is 1. The summed E-state index contributed by atoms with van der Waals surface area (Å²) >= 11 is 0. The highest BCUT2D eigenvalue weighted by atomic mass is 16.4. The third kappa shape index (κ3) is 3.02. The molecule has 0 unspecified atom stereocenters. The lowest BCUT2D eigenvalue weighted by molar-refractivity contribution is 0.0692. The molecule has 1 heterocycles. The van der Waals surface area contributed by atoms with Crippen LogP contribution < -0.4 is 0 Å². The van der Waals surface area contributed by atoms with Crippen molar-refractivity contribution in [1.82, 2.24) is 9.88 Å². The van der Waals surface area contributed by atoms with Crippen LogP contribution in [0.2, 0.25) is 0 Å². The van der Waals surface area contributed by atoms with E-state index in [9.17, 15) is 9.59 Å². The lowest BCUT2D eigenvalue weighted by Gasteiger charge is -2.24. The van der Waals surface area contributed by atoms with Gasteiger partial charge >= 0.3 is 5.97 Å². The third-order valence-electron chi connectivity index (χ3n) is 4.66. The fourth-order valence-electron chi connectivity index (χ4n) is 3.11.